The van der Waals surface area contributed by atoms with Crippen molar-refractivity contribution in [1.29, 1.82) is 0 Å². The lowest BCUT2D eigenvalue weighted by Crippen LogP contribution is -2.62. The first kappa shape index (κ1) is 14.3. The first-order valence-electron chi connectivity index (χ1n) is 7.63. The van der Waals surface area contributed by atoms with E-state index in [0.717, 1.165) is 38.3 Å². The highest BCUT2D eigenvalue weighted by Gasteiger charge is 2.45. The molecular weight excluding hydrogens is 224 g/mol. The summed E-state index contributed by atoms with van der Waals surface area (Å²) < 4.78 is 6.01. The number of piperidine rings is 1. The lowest BCUT2D eigenvalue weighted by molar-refractivity contribution is -0.134. The van der Waals surface area contributed by atoms with Crippen molar-refractivity contribution in [2.24, 2.45) is 11.7 Å². The van der Waals surface area contributed by atoms with Crippen LogP contribution in [0.4, 0.5) is 0 Å². The van der Waals surface area contributed by atoms with E-state index in [0.29, 0.717) is 0 Å². The van der Waals surface area contributed by atoms with Gasteiger partial charge in [-0.05, 0) is 51.5 Å². The Hall–Kier alpha value is -0.120. The average molecular weight is 254 g/mol. The fourth-order valence-corrected chi connectivity index (χ4v) is 3.74. The molecule has 2 heterocycles. The smallest absolute Gasteiger partial charge is 0.0670 e. The molecule has 3 nitrogen and oxygen atoms in total. The SMILES string of the molecule is CCC1(C)CC(CN)(N2CCCC(C)C2)CCO1. The van der Waals surface area contributed by atoms with E-state index in [-0.39, 0.29) is 11.1 Å². The molecule has 2 rings (SSSR count). The third kappa shape index (κ3) is 2.73. The topological polar surface area (TPSA) is 38.5 Å². The number of nitrogens with zero attached hydrogens (tertiary/aromatic N) is 1. The highest BCUT2D eigenvalue weighted by Crippen LogP contribution is 2.39. The molecule has 0 amide bonds. The van der Waals surface area contributed by atoms with Gasteiger partial charge in [0.2, 0.25) is 0 Å². The molecule has 2 fully saturated rings. The summed E-state index contributed by atoms with van der Waals surface area (Å²) >= 11 is 0. The molecule has 0 aromatic rings. The molecule has 2 aliphatic rings. The van der Waals surface area contributed by atoms with Gasteiger partial charge in [0, 0.05) is 25.2 Å². The third-order valence-corrected chi connectivity index (χ3v) is 5.18. The van der Waals surface area contributed by atoms with E-state index in [9.17, 15) is 0 Å². The molecule has 2 aliphatic heterocycles. The second kappa shape index (κ2) is 5.48. The Morgan fingerprint density at radius 3 is 2.83 bits per heavy atom. The molecule has 0 aliphatic carbocycles. The van der Waals surface area contributed by atoms with E-state index >= 15 is 0 Å². The van der Waals surface area contributed by atoms with Gasteiger partial charge >= 0.3 is 0 Å². The van der Waals surface area contributed by atoms with Crippen molar-refractivity contribution in [3.8, 4) is 0 Å². The summed E-state index contributed by atoms with van der Waals surface area (Å²) in [6.45, 7) is 10.9. The summed E-state index contributed by atoms with van der Waals surface area (Å²) in [4.78, 5) is 2.68. The van der Waals surface area contributed by atoms with E-state index in [1.54, 1.807) is 0 Å². The van der Waals surface area contributed by atoms with Crippen LogP contribution in [0.15, 0.2) is 0 Å². The molecular formula is C15H30N2O. The van der Waals surface area contributed by atoms with E-state index in [1.165, 1.54) is 25.9 Å². The number of nitrogens with two attached hydrogens (primary N) is 1. The predicted octanol–water partition coefficient (Wildman–Crippen LogP) is 2.39. The largest absolute Gasteiger partial charge is 0.375 e. The summed E-state index contributed by atoms with van der Waals surface area (Å²) in [5, 5.41) is 0. The molecule has 0 radical (unpaired) electrons. The molecule has 2 N–H and O–H groups in total. The normalized spacial score (nSPS) is 43.0. The number of rotatable bonds is 3. The van der Waals surface area contributed by atoms with Crippen molar-refractivity contribution in [2.45, 2.75) is 64.0 Å². The second-order valence-electron chi connectivity index (χ2n) is 6.70. The lowest BCUT2D eigenvalue weighted by atomic mass is 9.76. The van der Waals surface area contributed by atoms with Gasteiger partial charge in [0.05, 0.1) is 5.60 Å². The average Bonchev–Trinajstić information content (AvgIpc) is 2.39. The zero-order chi connectivity index (χ0) is 13.2. The maximum Gasteiger partial charge on any atom is 0.0670 e. The van der Waals surface area contributed by atoms with Gasteiger partial charge in [0.15, 0.2) is 0 Å². The van der Waals surface area contributed by atoms with Crippen LogP contribution in [0.3, 0.4) is 0 Å². The fraction of sp³-hybridized carbons (Fsp3) is 1.00. The van der Waals surface area contributed by atoms with Gasteiger partial charge in [-0.2, -0.15) is 0 Å². The molecule has 0 aromatic heterocycles. The predicted molar refractivity (Wildman–Crippen MR) is 75.6 cm³/mol. The third-order valence-electron chi connectivity index (χ3n) is 5.18. The van der Waals surface area contributed by atoms with Crippen molar-refractivity contribution in [3.63, 3.8) is 0 Å². The minimum atomic E-state index is 0.0261. The number of hydrogen-bond acceptors (Lipinski definition) is 3. The zero-order valence-corrected chi connectivity index (χ0v) is 12.4. The molecule has 0 aromatic carbocycles. The lowest BCUT2D eigenvalue weighted by Gasteiger charge is -2.53. The maximum absolute atomic E-state index is 6.19. The van der Waals surface area contributed by atoms with Crippen LogP contribution in [0.5, 0.6) is 0 Å². The summed E-state index contributed by atoms with van der Waals surface area (Å²) in [6, 6.07) is 0. The maximum atomic E-state index is 6.19. The van der Waals surface area contributed by atoms with Crippen LogP contribution < -0.4 is 5.73 Å². The standard InChI is InChI=1S/C15H30N2O/c1-4-14(3)11-15(12-16,7-9-18-14)17-8-5-6-13(2)10-17/h13H,4-12,16H2,1-3H3. The highest BCUT2D eigenvalue weighted by molar-refractivity contribution is 5.01. The molecule has 106 valence electrons. The Kier molecular flexibility index (Phi) is 4.35. The Bertz CT molecular complexity index is 284. The van der Waals surface area contributed by atoms with Crippen LogP contribution in [0.25, 0.3) is 0 Å². The van der Waals surface area contributed by atoms with E-state index in [4.69, 9.17) is 10.5 Å². The van der Waals surface area contributed by atoms with Crippen molar-refractivity contribution in [1.82, 2.24) is 4.90 Å². The monoisotopic (exact) mass is 254 g/mol. The van der Waals surface area contributed by atoms with Gasteiger partial charge in [-0.15, -0.1) is 0 Å². The molecule has 0 bridgehead atoms. The molecule has 3 atom stereocenters. The van der Waals surface area contributed by atoms with Crippen LogP contribution in [0.1, 0.15) is 52.9 Å². The van der Waals surface area contributed by atoms with Crippen LogP contribution in [0, 0.1) is 5.92 Å². The second-order valence-corrected chi connectivity index (χ2v) is 6.70. The summed E-state index contributed by atoms with van der Waals surface area (Å²) in [5.74, 6) is 0.818. The minimum absolute atomic E-state index is 0.0261. The Labute approximate surface area is 112 Å². The highest BCUT2D eigenvalue weighted by atomic mass is 16.5. The van der Waals surface area contributed by atoms with Gasteiger partial charge in [-0.25, -0.2) is 0 Å². The Balaban J connectivity index is 2.13. The Morgan fingerprint density at radius 2 is 2.22 bits per heavy atom. The van der Waals surface area contributed by atoms with Gasteiger partial charge in [0.25, 0.3) is 0 Å². The van der Waals surface area contributed by atoms with E-state index in [2.05, 4.69) is 25.7 Å². The zero-order valence-electron chi connectivity index (χ0n) is 12.4. The van der Waals surface area contributed by atoms with Crippen LogP contribution >= 0.6 is 0 Å². The summed E-state index contributed by atoms with van der Waals surface area (Å²) in [7, 11) is 0. The first-order chi connectivity index (χ1) is 8.53. The van der Waals surface area contributed by atoms with Crippen LogP contribution in [0.2, 0.25) is 0 Å². The van der Waals surface area contributed by atoms with Crippen molar-refractivity contribution < 1.29 is 4.74 Å². The minimum Gasteiger partial charge on any atom is -0.375 e. The van der Waals surface area contributed by atoms with Gasteiger partial charge in [0.1, 0.15) is 0 Å². The summed E-state index contributed by atoms with van der Waals surface area (Å²) in [5.41, 5.74) is 6.41. The van der Waals surface area contributed by atoms with Crippen molar-refractivity contribution in [3.05, 3.63) is 0 Å². The van der Waals surface area contributed by atoms with Gasteiger partial charge in [-0.1, -0.05) is 13.8 Å². The van der Waals surface area contributed by atoms with Crippen LogP contribution in [-0.4, -0.2) is 42.3 Å². The quantitative estimate of drug-likeness (QED) is 0.840. The van der Waals surface area contributed by atoms with Crippen LogP contribution in [-0.2, 0) is 4.74 Å². The fourth-order valence-electron chi connectivity index (χ4n) is 3.74. The first-order valence-corrected chi connectivity index (χ1v) is 7.63. The van der Waals surface area contributed by atoms with Crippen molar-refractivity contribution >= 4 is 0 Å². The Morgan fingerprint density at radius 1 is 1.44 bits per heavy atom. The molecule has 3 unspecified atom stereocenters. The van der Waals surface area contributed by atoms with Gasteiger partial charge < -0.3 is 10.5 Å². The molecule has 3 heteroatoms. The van der Waals surface area contributed by atoms with E-state index in [1.807, 2.05) is 0 Å². The van der Waals surface area contributed by atoms with Crippen molar-refractivity contribution in [2.75, 3.05) is 26.2 Å². The van der Waals surface area contributed by atoms with E-state index < -0.39 is 0 Å². The molecule has 0 spiro atoms. The number of likely N-dealkylation sites (tertiary alicyclic amines) is 1. The molecule has 0 saturated carbocycles. The number of ether oxygens (including phenoxy) is 1. The summed E-state index contributed by atoms with van der Waals surface area (Å²) in [6.07, 6.45) is 5.98. The molecule has 18 heavy (non-hydrogen) atoms. The number of hydrogen-bond donors (Lipinski definition) is 1. The van der Waals surface area contributed by atoms with Gasteiger partial charge in [-0.3, -0.25) is 4.90 Å². The molecule has 2 saturated heterocycles.